The Morgan fingerprint density at radius 2 is 2.07 bits per heavy atom. The Kier molecular flexibility index (Phi) is 4.18. The van der Waals surface area contributed by atoms with Gasteiger partial charge in [0.15, 0.2) is 0 Å². The summed E-state index contributed by atoms with van der Waals surface area (Å²) >= 11 is 0. The molecule has 0 aliphatic rings. The van der Waals surface area contributed by atoms with Crippen molar-refractivity contribution in [1.82, 2.24) is 5.32 Å². The van der Waals surface area contributed by atoms with Crippen molar-refractivity contribution in [2.75, 3.05) is 6.61 Å². The molecule has 2 unspecified atom stereocenters. The van der Waals surface area contributed by atoms with Crippen LogP contribution < -0.4 is 5.32 Å². The zero-order valence-electron chi connectivity index (χ0n) is 8.27. The Balaban J connectivity index is 2.59. The summed E-state index contributed by atoms with van der Waals surface area (Å²) in [5.74, 6) is 2.49. The molecule has 0 saturated heterocycles. The Morgan fingerprint density at radius 1 is 1.43 bits per heavy atom. The van der Waals surface area contributed by atoms with Crippen LogP contribution in [-0.2, 0) is 0 Å². The predicted molar refractivity (Wildman–Crippen MR) is 57.7 cm³/mol. The first-order valence-electron chi connectivity index (χ1n) is 4.66. The van der Waals surface area contributed by atoms with Crippen molar-refractivity contribution >= 4 is 0 Å². The van der Waals surface area contributed by atoms with E-state index < -0.39 is 0 Å². The van der Waals surface area contributed by atoms with Crippen LogP contribution >= 0.6 is 0 Å². The van der Waals surface area contributed by atoms with Crippen molar-refractivity contribution in [3.63, 3.8) is 0 Å². The molecule has 0 fully saturated rings. The van der Waals surface area contributed by atoms with E-state index in [0.717, 1.165) is 0 Å². The summed E-state index contributed by atoms with van der Waals surface area (Å²) in [5.41, 5.74) is 1.17. The van der Waals surface area contributed by atoms with Gasteiger partial charge in [-0.25, -0.2) is 0 Å². The lowest BCUT2D eigenvalue weighted by Crippen LogP contribution is -2.33. The lowest BCUT2D eigenvalue weighted by Gasteiger charge is -2.17. The van der Waals surface area contributed by atoms with Gasteiger partial charge in [-0.3, -0.25) is 5.32 Å². The molecule has 0 aliphatic heterocycles. The van der Waals surface area contributed by atoms with E-state index in [1.165, 1.54) is 5.56 Å². The van der Waals surface area contributed by atoms with Gasteiger partial charge in [-0.05, 0) is 12.5 Å². The van der Waals surface area contributed by atoms with Gasteiger partial charge in [-0.2, -0.15) is 0 Å². The molecule has 0 aromatic heterocycles. The summed E-state index contributed by atoms with van der Waals surface area (Å²) in [5, 5.41) is 12.1. The lowest BCUT2D eigenvalue weighted by molar-refractivity contribution is 0.260. The summed E-state index contributed by atoms with van der Waals surface area (Å²) < 4.78 is 0. The second kappa shape index (κ2) is 5.43. The third-order valence-corrected chi connectivity index (χ3v) is 2.13. The number of aliphatic hydroxyl groups is 1. The van der Waals surface area contributed by atoms with Gasteiger partial charge < -0.3 is 5.11 Å². The fourth-order valence-corrected chi connectivity index (χ4v) is 1.29. The first-order chi connectivity index (χ1) is 6.77. The van der Waals surface area contributed by atoms with E-state index in [1.54, 1.807) is 0 Å². The number of terminal acetylenes is 1. The molecule has 1 rings (SSSR count). The molecule has 0 saturated carbocycles. The van der Waals surface area contributed by atoms with E-state index >= 15 is 0 Å². The highest BCUT2D eigenvalue weighted by Crippen LogP contribution is 2.11. The molecule has 0 spiro atoms. The van der Waals surface area contributed by atoms with Crippen LogP contribution in [-0.4, -0.2) is 17.8 Å². The molecule has 2 nitrogen and oxygen atoms in total. The SMILES string of the molecule is C#CC(CO)NC(C)c1ccccc1. The Hall–Kier alpha value is -1.30. The number of hydrogen-bond donors (Lipinski definition) is 2. The van der Waals surface area contributed by atoms with Gasteiger partial charge in [0.1, 0.15) is 0 Å². The number of aliphatic hydroxyl groups excluding tert-OH is 1. The summed E-state index contributed by atoms with van der Waals surface area (Å²) in [6, 6.07) is 9.88. The van der Waals surface area contributed by atoms with E-state index in [2.05, 4.69) is 11.2 Å². The topological polar surface area (TPSA) is 32.3 Å². The first kappa shape index (κ1) is 10.8. The standard InChI is InChI=1S/C12H15NO/c1-3-12(9-14)13-10(2)11-7-5-4-6-8-11/h1,4-8,10,12-14H,9H2,2H3. The van der Waals surface area contributed by atoms with Crippen LogP contribution in [0.2, 0.25) is 0 Å². The Bertz CT molecular complexity index is 302. The minimum atomic E-state index is -0.273. The minimum absolute atomic E-state index is 0.0341. The maximum Gasteiger partial charge on any atom is 0.0925 e. The summed E-state index contributed by atoms with van der Waals surface area (Å²) in [7, 11) is 0. The quantitative estimate of drug-likeness (QED) is 0.700. The maximum atomic E-state index is 8.92. The van der Waals surface area contributed by atoms with Gasteiger partial charge in [-0.15, -0.1) is 6.42 Å². The molecular formula is C12H15NO. The van der Waals surface area contributed by atoms with Crippen LogP contribution in [0.15, 0.2) is 30.3 Å². The second-order valence-electron chi connectivity index (χ2n) is 3.20. The molecule has 0 radical (unpaired) electrons. The van der Waals surface area contributed by atoms with Crippen molar-refractivity contribution < 1.29 is 5.11 Å². The highest BCUT2D eigenvalue weighted by atomic mass is 16.3. The zero-order chi connectivity index (χ0) is 10.4. The van der Waals surface area contributed by atoms with Gasteiger partial charge in [0.25, 0.3) is 0 Å². The second-order valence-corrected chi connectivity index (χ2v) is 3.20. The third-order valence-electron chi connectivity index (χ3n) is 2.13. The van der Waals surface area contributed by atoms with Gasteiger partial charge >= 0.3 is 0 Å². The van der Waals surface area contributed by atoms with E-state index in [4.69, 9.17) is 11.5 Å². The monoisotopic (exact) mass is 189 g/mol. The van der Waals surface area contributed by atoms with Crippen LogP contribution in [0.5, 0.6) is 0 Å². The van der Waals surface area contributed by atoms with Crippen LogP contribution in [0.1, 0.15) is 18.5 Å². The molecule has 2 N–H and O–H groups in total. The van der Waals surface area contributed by atoms with Gasteiger partial charge in [-0.1, -0.05) is 36.3 Å². The van der Waals surface area contributed by atoms with Gasteiger partial charge in [0, 0.05) is 6.04 Å². The van der Waals surface area contributed by atoms with Crippen LogP contribution in [0.25, 0.3) is 0 Å². The zero-order valence-corrected chi connectivity index (χ0v) is 8.27. The largest absolute Gasteiger partial charge is 0.394 e. The maximum absolute atomic E-state index is 8.92. The minimum Gasteiger partial charge on any atom is -0.394 e. The van der Waals surface area contributed by atoms with Gasteiger partial charge in [0.05, 0.1) is 12.6 Å². The molecule has 2 atom stereocenters. The highest BCUT2D eigenvalue weighted by Gasteiger charge is 2.09. The van der Waals surface area contributed by atoms with Crippen molar-refractivity contribution in [3.8, 4) is 12.3 Å². The summed E-state index contributed by atoms with van der Waals surface area (Å²) in [6.07, 6.45) is 5.24. The van der Waals surface area contributed by atoms with Gasteiger partial charge in [0.2, 0.25) is 0 Å². The Morgan fingerprint density at radius 3 is 2.57 bits per heavy atom. The molecule has 1 aromatic carbocycles. The number of rotatable bonds is 4. The molecule has 0 aliphatic carbocycles. The molecule has 14 heavy (non-hydrogen) atoms. The number of benzene rings is 1. The molecule has 2 heteroatoms. The first-order valence-corrected chi connectivity index (χ1v) is 4.66. The molecule has 0 heterocycles. The number of hydrogen-bond acceptors (Lipinski definition) is 2. The van der Waals surface area contributed by atoms with Crippen molar-refractivity contribution in [2.45, 2.75) is 19.0 Å². The fourth-order valence-electron chi connectivity index (χ4n) is 1.29. The third kappa shape index (κ3) is 2.88. The van der Waals surface area contributed by atoms with Crippen LogP contribution in [0, 0.1) is 12.3 Å². The fraction of sp³-hybridized carbons (Fsp3) is 0.333. The molecule has 1 aromatic rings. The normalized spacial score (nSPS) is 14.4. The summed E-state index contributed by atoms with van der Waals surface area (Å²) in [6.45, 7) is 1.99. The molecular weight excluding hydrogens is 174 g/mol. The van der Waals surface area contributed by atoms with E-state index in [0.29, 0.717) is 0 Å². The molecule has 0 bridgehead atoms. The highest BCUT2D eigenvalue weighted by molar-refractivity contribution is 5.19. The van der Waals surface area contributed by atoms with Crippen molar-refractivity contribution in [1.29, 1.82) is 0 Å². The summed E-state index contributed by atoms with van der Waals surface area (Å²) in [4.78, 5) is 0. The smallest absolute Gasteiger partial charge is 0.0925 e. The van der Waals surface area contributed by atoms with E-state index in [1.807, 2.05) is 37.3 Å². The number of nitrogens with one attached hydrogen (secondary N) is 1. The van der Waals surface area contributed by atoms with E-state index in [-0.39, 0.29) is 18.7 Å². The lowest BCUT2D eigenvalue weighted by atomic mass is 10.1. The van der Waals surface area contributed by atoms with Crippen molar-refractivity contribution in [3.05, 3.63) is 35.9 Å². The van der Waals surface area contributed by atoms with Crippen molar-refractivity contribution in [2.24, 2.45) is 0 Å². The average Bonchev–Trinajstić information content (AvgIpc) is 2.26. The molecule has 74 valence electrons. The average molecular weight is 189 g/mol. The predicted octanol–water partition coefficient (Wildman–Crippen LogP) is 1.33. The van der Waals surface area contributed by atoms with Crippen LogP contribution in [0.3, 0.4) is 0 Å². The van der Waals surface area contributed by atoms with E-state index in [9.17, 15) is 0 Å². The van der Waals surface area contributed by atoms with Crippen LogP contribution in [0.4, 0.5) is 0 Å². The Labute approximate surface area is 85.0 Å². The molecule has 0 amide bonds.